The Labute approximate surface area is 123 Å². The largest absolute Gasteiger partial charge is 0.494 e. The van der Waals surface area contributed by atoms with E-state index in [-0.39, 0.29) is 5.91 Å². The Morgan fingerprint density at radius 3 is 2.48 bits per heavy atom. The molecule has 3 N–H and O–H groups in total. The van der Waals surface area contributed by atoms with Crippen molar-refractivity contribution in [2.24, 2.45) is 5.10 Å². The standard InChI is InChI=1S/C16H17N3O2/c1-2-21-15-9-3-12(4-10-15)11-18-19-16(20)13-5-7-14(17)8-6-13/h3-11H,2,17H2,1H3,(H,19,20)/b18-11+. The van der Waals surface area contributed by atoms with Gasteiger partial charge in [0.25, 0.3) is 5.91 Å². The van der Waals surface area contributed by atoms with Crippen molar-refractivity contribution in [3.63, 3.8) is 0 Å². The predicted molar refractivity (Wildman–Crippen MR) is 83.5 cm³/mol. The molecule has 0 atom stereocenters. The minimum atomic E-state index is -0.280. The van der Waals surface area contributed by atoms with Gasteiger partial charge in [-0.3, -0.25) is 4.79 Å². The maximum Gasteiger partial charge on any atom is 0.271 e. The van der Waals surface area contributed by atoms with Crippen LogP contribution in [-0.4, -0.2) is 18.7 Å². The molecule has 0 unspecified atom stereocenters. The van der Waals surface area contributed by atoms with E-state index in [2.05, 4.69) is 10.5 Å². The van der Waals surface area contributed by atoms with E-state index in [1.807, 2.05) is 31.2 Å². The van der Waals surface area contributed by atoms with Gasteiger partial charge in [-0.2, -0.15) is 5.10 Å². The topological polar surface area (TPSA) is 76.7 Å². The molecule has 0 aliphatic carbocycles. The molecule has 0 spiro atoms. The number of nitrogens with two attached hydrogens (primary N) is 1. The summed E-state index contributed by atoms with van der Waals surface area (Å²) >= 11 is 0. The fraction of sp³-hybridized carbons (Fsp3) is 0.125. The van der Waals surface area contributed by atoms with Crippen LogP contribution in [0.25, 0.3) is 0 Å². The molecule has 1 amide bonds. The SMILES string of the molecule is CCOc1ccc(/C=N/NC(=O)c2ccc(N)cc2)cc1. The van der Waals surface area contributed by atoms with E-state index in [9.17, 15) is 4.79 Å². The smallest absolute Gasteiger partial charge is 0.271 e. The van der Waals surface area contributed by atoms with Crippen molar-refractivity contribution in [3.8, 4) is 5.75 Å². The highest BCUT2D eigenvalue weighted by Crippen LogP contribution is 2.10. The number of hydrogen-bond donors (Lipinski definition) is 2. The van der Waals surface area contributed by atoms with Crippen molar-refractivity contribution in [2.45, 2.75) is 6.92 Å². The van der Waals surface area contributed by atoms with Crippen LogP contribution in [0, 0.1) is 0 Å². The lowest BCUT2D eigenvalue weighted by molar-refractivity contribution is 0.0955. The summed E-state index contributed by atoms with van der Waals surface area (Å²) in [4.78, 5) is 11.8. The fourth-order valence-corrected chi connectivity index (χ4v) is 1.68. The number of nitrogens with one attached hydrogen (secondary N) is 1. The van der Waals surface area contributed by atoms with Crippen molar-refractivity contribution in [2.75, 3.05) is 12.3 Å². The Kier molecular flexibility index (Phi) is 4.93. The number of ether oxygens (including phenoxy) is 1. The van der Waals surface area contributed by atoms with Crippen LogP contribution in [0.1, 0.15) is 22.8 Å². The van der Waals surface area contributed by atoms with Crippen LogP contribution in [0.15, 0.2) is 53.6 Å². The summed E-state index contributed by atoms with van der Waals surface area (Å²) < 4.78 is 5.35. The zero-order chi connectivity index (χ0) is 15.1. The Morgan fingerprint density at radius 1 is 1.19 bits per heavy atom. The van der Waals surface area contributed by atoms with E-state index in [0.29, 0.717) is 17.9 Å². The molecule has 2 aromatic rings. The number of amides is 1. The maximum absolute atomic E-state index is 11.8. The van der Waals surface area contributed by atoms with Crippen LogP contribution < -0.4 is 15.9 Å². The molecule has 5 heteroatoms. The second-order valence-electron chi connectivity index (χ2n) is 4.32. The molecule has 0 saturated heterocycles. The molecule has 0 aromatic heterocycles. The third kappa shape index (κ3) is 4.35. The zero-order valence-electron chi connectivity index (χ0n) is 11.7. The van der Waals surface area contributed by atoms with Crippen LogP contribution >= 0.6 is 0 Å². The summed E-state index contributed by atoms with van der Waals surface area (Å²) in [6.07, 6.45) is 1.57. The average Bonchev–Trinajstić information content (AvgIpc) is 2.50. The third-order valence-corrected chi connectivity index (χ3v) is 2.74. The van der Waals surface area contributed by atoms with Gasteiger partial charge in [0, 0.05) is 11.3 Å². The summed E-state index contributed by atoms with van der Waals surface area (Å²) in [5, 5.41) is 3.92. The highest BCUT2D eigenvalue weighted by molar-refractivity contribution is 5.95. The molecule has 0 bridgehead atoms. The van der Waals surface area contributed by atoms with Crippen molar-refractivity contribution < 1.29 is 9.53 Å². The number of rotatable bonds is 5. The second-order valence-corrected chi connectivity index (χ2v) is 4.32. The molecule has 21 heavy (non-hydrogen) atoms. The summed E-state index contributed by atoms with van der Waals surface area (Å²) in [5.41, 5.74) is 10.0. The highest BCUT2D eigenvalue weighted by atomic mass is 16.5. The Bertz CT molecular complexity index is 619. The molecule has 0 fully saturated rings. The minimum absolute atomic E-state index is 0.280. The molecular formula is C16H17N3O2. The van der Waals surface area contributed by atoms with E-state index >= 15 is 0 Å². The lowest BCUT2D eigenvalue weighted by Crippen LogP contribution is -2.17. The number of nitrogen functional groups attached to an aromatic ring is 1. The van der Waals surface area contributed by atoms with Gasteiger partial charge in [-0.15, -0.1) is 0 Å². The minimum Gasteiger partial charge on any atom is -0.494 e. The van der Waals surface area contributed by atoms with Crippen LogP contribution in [0.4, 0.5) is 5.69 Å². The first kappa shape index (κ1) is 14.6. The Morgan fingerprint density at radius 2 is 1.86 bits per heavy atom. The van der Waals surface area contributed by atoms with Gasteiger partial charge in [-0.1, -0.05) is 0 Å². The number of carbonyl (C=O) groups excluding carboxylic acids is 1. The van der Waals surface area contributed by atoms with Crippen LogP contribution in [-0.2, 0) is 0 Å². The molecule has 0 heterocycles. The zero-order valence-corrected chi connectivity index (χ0v) is 11.7. The fourth-order valence-electron chi connectivity index (χ4n) is 1.68. The van der Waals surface area contributed by atoms with E-state index in [0.717, 1.165) is 11.3 Å². The second kappa shape index (κ2) is 7.09. The Hall–Kier alpha value is -2.82. The molecule has 2 rings (SSSR count). The summed E-state index contributed by atoms with van der Waals surface area (Å²) in [6, 6.07) is 14.1. The first-order valence-corrected chi connectivity index (χ1v) is 6.61. The molecule has 5 nitrogen and oxygen atoms in total. The van der Waals surface area contributed by atoms with E-state index in [1.165, 1.54) is 0 Å². The highest BCUT2D eigenvalue weighted by Gasteiger charge is 2.02. The number of nitrogens with zero attached hydrogens (tertiary/aromatic N) is 1. The van der Waals surface area contributed by atoms with Gasteiger partial charge in [0.05, 0.1) is 12.8 Å². The van der Waals surface area contributed by atoms with Crippen molar-refractivity contribution in [1.29, 1.82) is 0 Å². The van der Waals surface area contributed by atoms with E-state index < -0.39 is 0 Å². The summed E-state index contributed by atoms with van der Waals surface area (Å²) in [6.45, 7) is 2.56. The monoisotopic (exact) mass is 283 g/mol. The lowest BCUT2D eigenvalue weighted by atomic mass is 10.2. The molecule has 0 aliphatic rings. The van der Waals surface area contributed by atoms with E-state index in [4.69, 9.17) is 10.5 Å². The first-order valence-electron chi connectivity index (χ1n) is 6.61. The van der Waals surface area contributed by atoms with Gasteiger partial charge in [0.15, 0.2) is 0 Å². The number of benzene rings is 2. The number of hydrazone groups is 1. The van der Waals surface area contributed by atoms with Gasteiger partial charge in [-0.05, 0) is 61.0 Å². The predicted octanol–water partition coefficient (Wildman–Crippen LogP) is 2.43. The Balaban J connectivity index is 1.92. The normalized spacial score (nSPS) is 10.5. The van der Waals surface area contributed by atoms with Crippen LogP contribution in [0.3, 0.4) is 0 Å². The van der Waals surface area contributed by atoms with Gasteiger partial charge >= 0.3 is 0 Å². The van der Waals surface area contributed by atoms with Gasteiger partial charge in [0.2, 0.25) is 0 Å². The van der Waals surface area contributed by atoms with Gasteiger partial charge < -0.3 is 10.5 Å². The quantitative estimate of drug-likeness (QED) is 0.502. The van der Waals surface area contributed by atoms with Crippen molar-refractivity contribution in [1.82, 2.24) is 5.43 Å². The van der Waals surface area contributed by atoms with Crippen LogP contribution in [0.2, 0.25) is 0 Å². The van der Waals surface area contributed by atoms with E-state index in [1.54, 1.807) is 30.5 Å². The maximum atomic E-state index is 11.8. The molecule has 0 aliphatic heterocycles. The summed E-state index contributed by atoms with van der Waals surface area (Å²) in [5.74, 6) is 0.526. The molecular weight excluding hydrogens is 266 g/mol. The van der Waals surface area contributed by atoms with Gasteiger partial charge in [-0.25, -0.2) is 5.43 Å². The molecule has 0 radical (unpaired) electrons. The average molecular weight is 283 g/mol. The van der Waals surface area contributed by atoms with Crippen molar-refractivity contribution in [3.05, 3.63) is 59.7 Å². The van der Waals surface area contributed by atoms with Gasteiger partial charge in [0.1, 0.15) is 5.75 Å². The number of carbonyl (C=O) groups is 1. The number of hydrogen-bond acceptors (Lipinski definition) is 4. The lowest BCUT2D eigenvalue weighted by Gasteiger charge is -2.02. The summed E-state index contributed by atoms with van der Waals surface area (Å²) in [7, 11) is 0. The van der Waals surface area contributed by atoms with Crippen LogP contribution in [0.5, 0.6) is 5.75 Å². The number of anilines is 1. The third-order valence-electron chi connectivity index (χ3n) is 2.74. The molecule has 2 aromatic carbocycles. The molecule has 108 valence electrons. The first-order chi connectivity index (χ1) is 10.2. The van der Waals surface area contributed by atoms with Crippen molar-refractivity contribution >= 4 is 17.8 Å². The molecule has 0 saturated carbocycles.